The van der Waals surface area contributed by atoms with Crippen LogP contribution < -0.4 is 10.1 Å². The van der Waals surface area contributed by atoms with Gasteiger partial charge in [0, 0.05) is 25.4 Å². The molecule has 1 N–H and O–H groups in total. The third kappa shape index (κ3) is 4.86. The quantitative estimate of drug-likeness (QED) is 0.854. The molecule has 1 amide bonds. The second-order valence-corrected chi connectivity index (χ2v) is 4.74. The van der Waals surface area contributed by atoms with E-state index in [4.69, 9.17) is 9.47 Å². The van der Waals surface area contributed by atoms with Crippen molar-refractivity contribution in [3.63, 3.8) is 0 Å². The molecular weight excluding hydrogens is 280 g/mol. The number of hydrogen-bond donors (Lipinski definition) is 1. The standard InChI is InChI=1S/C17H20N2O3/c1-3-21-13(2)17(20)19-12-14-9-10-16(18-11-14)22-15-7-5-4-6-8-15/h4-11,13H,3,12H2,1-2H3,(H,19,20)/t13-/m0/s1. The van der Waals surface area contributed by atoms with Gasteiger partial charge in [-0.2, -0.15) is 0 Å². The summed E-state index contributed by atoms with van der Waals surface area (Å²) in [5.41, 5.74) is 0.900. The van der Waals surface area contributed by atoms with Crippen LogP contribution in [0.15, 0.2) is 48.7 Å². The first kappa shape index (κ1) is 16.0. The van der Waals surface area contributed by atoms with E-state index in [1.54, 1.807) is 19.2 Å². The number of benzene rings is 1. The number of carbonyl (C=O) groups excluding carboxylic acids is 1. The van der Waals surface area contributed by atoms with Crippen molar-refractivity contribution < 1.29 is 14.3 Å². The first-order valence-electron chi connectivity index (χ1n) is 7.26. The topological polar surface area (TPSA) is 60.5 Å². The summed E-state index contributed by atoms with van der Waals surface area (Å²) >= 11 is 0. The van der Waals surface area contributed by atoms with Crippen molar-refractivity contribution in [3.8, 4) is 11.6 Å². The highest BCUT2D eigenvalue weighted by molar-refractivity contribution is 5.80. The maximum atomic E-state index is 11.7. The first-order chi connectivity index (χ1) is 10.7. The SMILES string of the molecule is CCO[C@@H](C)C(=O)NCc1ccc(Oc2ccccc2)nc1. The van der Waals surface area contributed by atoms with Crippen LogP contribution in [0.3, 0.4) is 0 Å². The Morgan fingerprint density at radius 2 is 2.00 bits per heavy atom. The Morgan fingerprint density at radius 1 is 1.23 bits per heavy atom. The van der Waals surface area contributed by atoms with E-state index in [0.29, 0.717) is 19.0 Å². The zero-order chi connectivity index (χ0) is 15.8. The molecule has 1 atom stereocenters. The number of aromatic nitrogens is 1. The lowest BCUT2D eigenvalue weighted by molar-refractivity contribution is -0.131. The number of nitrogens with one attached hydrogen (secondary N) is 1. The molecule has 0 bridgehead atoms. The Hall–Kier alpha value is -2.40. The molecule has 0 unspecified atom stereocenters. The average molecular weight is 300 g/mol. The Kier molecular flexibility index (Phi) is 5.91. The Labute approximate surface area is 130 Å². The van der Waals surface area contributed by atoms with Gasteiger partial charge in [0.2, 0.25) is 11.8 Å². The molecule has 0 saturated heterocycles. The lowest BCUT2D eigenvalue weighted by Crippen LogP contribution is -2.34. The van der Waals surface area contributed by atoms with E-state index in [0.717, 1.165) is 11.3 Å². The Morgan fingerprint density at radius 3 is 2.64 bits per heavy atom. The fraction of sp³-hybridized carbons (Fsp3) is 0.294. The minimum Gasteiger partial charge on any atom is -0.439 e. The Balaban J connectivity index is 1.85. The van der Waals surface area contributed by atoms with Gasteiger partial charge in [-0.15, -0.1) is 0 Å². The molecule has 0 aliphatic heterocycles. The molecule has 0 spiro atoms. The van der Waals surface area contributed by atoms with Crippen LogP contribution in [-0.2, 0) is 16.1 Å². The molecule has 116 valence electrons. The van der Waals surface area contributed by atoms with Gasteiger partial charge >= 0.3 is 0 Å². The van der Waals surface area contributed by atoms with Crippen LogP contribution in [0.25, 0.3) is 0 Å². The smallest absolute Gasteiger partial charge is 0.249 e. The second kappa shape index (κ2) is 8.14. The molecule has 5 nitrogen and oxygen atoms in total. The van der Waals surface area contributed by atoms with E-state index in [1.165, 1.54) is 0 Å². The summed E-state index contributed by atoms with van der Waals surface area (Å²) in [7, 11) is 0. The lowest BCUT2D eigenvalue weighted by atomic mass is 10.2. The van der Waals surface area contributed by atoms with Crippen LogP contribution in [-0.4, -0.2) is 23.6 Å². The molecule has 2 aromatic rings. The van der Waals surface area contributed by atoms with Gasteiger partial charge in [0.05, 0.1) is 0 Å². The van der Waals surface area contributed by atoms with E-state index in [2.05, 4.69) is 10.3 Å². The number of ether oxygens (including phenoxy) is 2. The van der Waals surface area contributed by atoms with Crippen molar-refractivity contribution in [1.29, 1.82) is 0 Å². The fourth-order valence-electron chi connectivity index (χ4n) is 1.84. The molecule has 2 rings (SSSR count). The van der Waals surface area contributed by atoms with Crippen LogP contribution in [0.2, 0.25) is 0 Å². The van der Waals surface area contributed by atoms with Crippen molar-refractivity contribution in [2.24, 2.45) is 0 Å². The molecule has 1 aromatic carbocycles. The van der Waals surface area contributed by atoms with E-state index in [1.807, 2.05) is 43.3 Å². The second-order valence-electron chi connectivity index (χ2n) is 4.74. The number of para-hydroxylation sites is 1. The number of hydrogen-bond acceptors (Lipinski definition) is 4. The highest BCUT2D eigenvalue weighted by Gasteiger charge is 2.11. The zero-order valence-electron chi connectivity index (χ0n) is 12.8. The minimum atomic E-state index is -0.446. The molecule has 22 heavy (non-hydrogen) atoms. The number of pyridine rings is 1. The summed E-state index contributed by atoms with van der Waals surface area (Å²) < 4.78 is 10.8. The van der Waals surface area contributed by atoms with Gasteiger partial charge in [0.1, 0.15) is 11.9 Å². The fourth-order valence-corrected chi connectivity index (χ4v) is 1.84. The molecule has 1 heterocycles. The van der Waals surface area contributed by atoms with Gasteiger partial charge in [-0.05, 0) is 31.5 Å². The summed E-state index contributed by atoms with van der Waals surface area (Å²) in [6.07, 6.45) is 1.24. The predicted octanol–water partition coefficient (Wildman–Crippen LogP) is 2.92. The molecule has 0 saturated carbocycles. The third-order valence-corrected chi connectivity index (χ3v) is 3.02. The largest absolute Gasteiger partial charge is 0.439 e. The van der Waals surface area contributed by atoms with Gasteiger partial charge < -0.3 is 14.8 Å². The van der Waals surface area contributed by atoms with Gasteiger partial charge in [-0.3, -0.25) is 4.79 Å². The number of carbonyl (C=O) groups is 1. The molecule has 0 fully saturated rings. The Bertz CT molecular complexity index is 585. The van der Waals surface area contributed by atoms with E-state index >= 15 is 0 Å². The van der Waals surface area contributed by atoms with Crippen molar-refractivity contribution in [2.45, 2.75) is 26.5 Å². The predicted molar refractivity (Wildman–Crippen MR) is 83.7 cm³/mol. The zero-order valence-corrected chi connectivity index (χ0v) is 12.8. The van der Waals surface area contributed by atoms with Gasteiger partial charge in [0.15, 0.2) is 0 Å². The molecule has 0 radical (unpaired) electrons. The molecular formula is C17H20N2O3. The molecule has 5 heteroatoms. The van der Waals surface area contributed by atoms with E-state index in [-0.39, 0.29) is 5.91 Å². The maximum Gasteiger partial charge on any atom is 0.249 e. The monoisotopic (exact) mass is 300 g/mol. The van der Waals surface area contributed by atoms with Crippen LogP contribution in [0.1, 0.15) is 19.4 Å². The highest BCUT2D eigenvalue weighted by Crippen LogP contribution is 2.18. The van der Waals surface area contributed by atoms with Crippen molar-refractivity contribution in [3.05, 3.63) is 54.2 Å². The number of nitrogens with zero attached hydrogens (tertiary/aromatic N) is 1. The summed E-state index contributed by atoms with van der Waals surface area (Å²) in [4.78, 5) is 16.0. The third-order valence-electron chi connectivity index (χ3n) is 3.02. The maximum absolute atomic E-state index is 11.7. The number of amides is 1. The summed E-state index contributed by atoms with van der Waals surface area (Å²) in [6.45, 7) is 4.52. The van der Waals surface area contributed by atoms with Crippen LogP contribution in [0, 0.1) is 0 Å². The van der Waals surface area contributed by atoms with E-state index < -0.39 is 6.10 Å². The summed E-state index contributed by atoms with van der Waals surface area (Å²) in [5.74, 6) is 1.12. The molecule has 0 aliphatic carbocycles. The molecule has 0 aliphatic rings. The summed E-state index contributed by atoms with van der Waals surface area (Å²) in [5, 5.41) is 2.81. The van der Waals surface area contributed by atoms with Crippen molar-refractivity contribution in [1.82, 2.24) is 10.3 Å². The van der Waals surface area contributed by atoms with E-state index in [9.17, 15) is 4.79 Å². The highest BCUT2D eigenvalue weighted by atomic mass is 16.5. The van der Waals surface area contributed by atoms with Gasteiger partial charge in [0.25, 0.3) is 0 Å². The van der Waals surface area contributed by atoms with Crippen molar-refractivity contribution in [2.75, 3.05) is 6.61 Å². The summed E-state index contributed by atoms with van der Waals surface area (Å²) in [6, 6.07) is 13.1. The van der Waals surface area contributed by atoms with Crippen LogP contribution in [0.5, 0.6) is 11.6 Å². The molecule has 1 aromatic heterocycles. The van der Waals surface area contributed by atoms with Crippen LogP contribution in [0.4, 0.5) is 0 Å². The van der Waals surface area contributed by atoms with Crippen molar-refractivity contribution >= 4 is 5.91 Å². The average Bonchev–Trinajstić information content (AvgIpc) is 2.55. The van der Waals surface area contributed by atoms with Gasteiger partial charge in [-0.1, -0.05) is 24.3 Å². The lowest BCUT2D eigenvalue weighted by Gasteiger charge is -2.12. The minimum absolute atomic E-state index is 0.133. The van der Waals surface area contributed by atoms with Gasteiger partial charge in [-0.25, -0.2) is 4.98 Å². The number of rotatable bonds is 7. The first-order valence-corrected chi connectivity index (χ1v) is 7.26. The van der Waals surface area contributed by atoms with Crippen LogP contribution >= 0.6 is 0 Å². The normalized spacial score (nSPS) is 11.7.